The number of halogens is 1. The number of pyridine rings is 2. The summed E-state index contributed by atoms with van der Waals surface area (Å²) in [7, 11) is -1.65. The second-order valence-corrected chi connectivity index (χ2v) is 7.93. The van der Waals surface area contributed by atoms with E-state index in [4.69, 9.17) is 11.6 Å². The van der Waals surface area contributed by atoms with Gasteiger partial charge >= 0.3 is 0 Å². The number of para-hydroxylation sites is 1. The van der Waals surface area contributed by atoms with Crippen molar-refractivity contribution < 1.29 is 4.21 Å². The molecule has 0 aliphatic rings. The molecule has 0 amide bonds. The number of rotatable bonds is 4. The Labute approximate surface area is 169 Å². The minimum absolute atomic E-state index is 0.189. The van der Waals surface area contributed by atoms with Gasteiger partial charge in [-0.2, -0.15) is 0 Å². The standard InChI is InChI=1S/C22H15ClN2O2S/c23-17-9-11-19(12-10-17)28(27)21-14-16(20-8-4-5-13-24-20)15-25(22(21)26)18-6-2-1-3-7-18/h1-15H. The summed E-state index contributed by atoms with van der Waals surface area (Å²) in [5.41, 5.74) is 1.77. The van der Waals surface area contributed by atoms with Gasteiger partial charge in [-0.25, -0.2) is 4.21 Å². The molecule has 1 atom stereocenters. The molecule has 2 aromatic heterocycles. The second-order valence-electron chi connectivity index (χ2n) is 6.04. The molecule has 6 heteroatoms. The lowest BCUT2D eigenvalue weighted by Gasteiger charge is -2.12. The van der Waals surface area contributed by atoms with Crippen LogP contribution < -0.4 is 5.56 Å². The van der Waals surface area contributed by atoms with Crippen molar-refractivity contribution in [2.24, 2.45) is 0 Å². The number of hydrogen-bond acceptors (Lipinski definition) is 3. The van der Waals surface area contributed by atoms with E-state index in [9.17, 15) is 9.00 Å². The highest BCUT2D eigenvalue weighted by Gasteiger charge is 2.17. The second kappa shape index (κ2) is 7.92. The van der Waals surface area contributed by atoms with E-state index in [-0.39, 0.29) is 10.5 Å². The van der Waals surface area contributed by atoms with Gasteiger partial charge < -0.3 is 0 Å². The lowest BCUT2D eigenvalue weighted by molar-refractivity contribution is 0.681. The maximum Gasteiger partial charge on any atom is 0.271 e. The van der Waals surface area contributed by atoms with Crippen molar-refractivity contribution >= 4 is 22.4 Å². The van der Waals surface area contributed by atoms with Crippen LogP contribution in [0.1, 0.15) is 0 Å². The fraction of sp³-hybridized carbons (Fsp3) is 0. The monoisotopic (exact) mass is 406 g/mol. The van der Waals surface area contributed by atoms with Crippen LogP contribution in [0.15, 0.2) is 106 Å². The van der Waals surface area contributed by atoms with Gasteiger partial charge in [0.2, 0.25) is 0 Å². The van der Waals surface area contributed by atoms with Crippen molar-refractivity contribution in [2.75, 3.05) is 0 Å². The summed E-state index contributed by atoms with van der Waals surface area (Å²) in [4.78, 5) is 18.2. The van der Waals surface area contributed by atoms with Gasteiger partial charge in [0.25, 0.3) is 5.56 Å². The van der Waals surface area contributed by atoms with Crippen LogP contribution in [0.3, 0.4) is 0 Å². The van der Waals surface area contributed by atoms with Crippen LogP contribution in [0.25, 0.3) is 16.9 Å². The summed E-state index contributed by atoms with van der Waals surface area (Å²) >= 11 is 5.93. The van der Waals surface area contributed by atoms with E-state index in [2.05, 4.69) is 4.98 Å². The molecular weight excluding hydrogens is 392 g/mol. The molecule has 0 saturated heterocycles. The van der Waals surface area contributed by atoms with Crippen molar-refractivity contribution in [3.05, 3.63) is 107 Å². The smallest absolute Gasteiger partial charge is 0.271 e. The average molecular weight is 407 g/mol. The third-order valence-corrected chi connectivity index (χ3v) is 5.85. The number of aromatic nitrogens is 2. The molecule has 2 heterocycles. The molecular formula is C22H15ClN2O2S. The summed E-state index contributed by atoms with van der Waals surface area (Å²) in [6.07, 6.45) is 3.41. The van der Waals surface area contributed by atoms with Gasteiger partial charge in [-0.1, -0.05) is 35.9 Å². The summed E-state index contributed by atoms with van der Waals surface area (Å²) in [5, 5.41) is 0.546. The van der Waals surface area contributed by atoms with Gasteiger partial charge in [-0.15, -0.1) is 0 Å². The summed E-state index contributed by atoms with van der Waals surface area (Å²) in [6.45, 7) is 0. The quantitative estimate of drug-likeness (QED) is 0.492. The molecule has 1 unspecified atom stereocenters. The highest BCUT2D eigenvalue weighted by molar-refractivity contribution is 7.85. The first-order chi connectivity index (χ1) is 13.6. The van der Waals surface area contributed by atoms with Gasteiger partial charge in [0, 0.05) is 33.6 Å². The first-order valence-electron chi connectivity index (χ1n) is 8.54. The van der Waals surface area contributed by atoms with Crippen molar-refractivity contribution in [2.45, 2.75) is 9.79 Å². The predicted octanol–water partition coefficient (Wildman–Crippen LogP) is 4.72. The molecule has 2 aromatic carbocycles. The minimum Gasteiger partial charge on any atom is -0.283 e. The summed E-state index contributed by atoms with van der Waals surface area (Å²) in [6, 6.07) is 23.1. The van der Waals surface area contributed by atoms with Crippen molar-refractivity contribution in [3.63, 3.8) is 0 Å². The predicted molar refractivity (Wildman–Crippen MR) is 111 cm³/mol. The van der Waals surface area contributed by atoms with E-state index in [1.54, 1.807) is 42.7 Å². The van der Waals surface area contributed by atoms with Gasteiger partial charge in [0.15, 0.2) is 0 Å². The lowest BCUT2D eigenvalue weighted by Crippen LogP contribution is -2.23. The van der Waals surface area contributed by atoms with Crippen LogP contribution in [-0.4, -0.2) is 13.8 Å². The number of benzene rings is 2. The van der Waals surface area contributed by atoms with Crippen LogP contribution in [-0.2, 0) is 10.8 Å². The molecule has 4 nitrogen and oxygen atoms in total. The third kappa shape index (κ3) is 3.67. The van der Waals surface area contributed by atoms with E-state index in [1.807, 2.05) is 48.5 Å². The van der Waals surface area contributed by atoms with E-state index in [1.165, 1.54) is 4.57 Å². The summed E-state index contributed by atoms with van der Waals surface area (Å²) < 4.78 is 14.7. The fourth-order valence-corrected chi connectivity index (χ4v) is 4.08. The van der Waals surface area contributed by atoms with Crippen LogP contribution >= 0.6 is 11.6 Å². The summed E-state index contributed by atoms with van der Waals surface area (Å²) in [5.74, 6) is 0. The molecule has 0 aliphatic carbocycles. The molecule has 0 aliphatic heterocycles. The highest BCUT2D eigenvalue weighted by atomic mass is 35.5. The molecule has 0 N–H and O–H groups in total. The highest BCUT2D eigenvalue weighted by Crippen LogP contribution is 2.23. The molecule has 0 spiro atoms. The van der Waals surface area contributed by atoms with Gasteiger partial charge in [0.05, 0.1) is 16.5 Å². The molecule has 0 bridgehead atoms. The Morgan fingerprint density at radius 2 is 1.61 bits per heavy atom. The zero-order valence-corrected chi connectivity index (χ0v) is 16.2. The molecule has 28 heavy (non-hydrogen) atoms. The molecule has 0 saturated carbocycles. The fourth-order valence-electron chi connectivity index (χ4n) is 2.83. The first-order valence-corrected chi connectivity index (χ1v) is 10.1. The van der Waals surface area contributed by atoms with E-state index in [0.29, 0.717) is 26.9 Å². The maximum atomic E-state index is 13.2. The number of hydrogen-bond donors (Lipinski definition) is 0. The van der Waals surface area contributed by atoms with E-state index in [0.717, 1.165) is 0 Å². The Bertz CT molecular complexity index is 1190. The molecule has 138 valence electrons. The van der Waals surface area contributed by atoms with Gasteiger partial charge in [0.1, 0.15) is 4.90 Å². The molecule has 0 fully saturated rings. The Kier molecular flexibility index (Phi) is 5.19. The third-order valence-electron chi connectivity index (χ3n) is 4.21. The Hall–Kier alpha value is -3.02. The van der Waals surface area contributed by atoms with Crippen LogP contribution in [0.4, 0.5) is 0 Å². The van der Waals surface area contributed by atoms with Gasteiger partial charge in [-0.3, -0.25) is 14.3 Å². The topological polar surface area (TPSA) is 52.0 Å². The SMILES string of the molecule is O=c1c(S(=O)c2ccc(Cl)cc2)cc(-c2ccccn2)cn1-c1ccccc1. The minimum atomic E-state index is -1.65. The Morgan fingerprint density at radius 1 is 0.893 bits per heavy atom. The molecule has 4 rings (SSSR count). The lowest BCUT2D eigenvalue weighted by atomic mass is 10.2. The van der Waals surface area contributed by atoms with E-state index < -0.39 is 10.8 Å². The maximum absolute atomic E-state index is 13.2. The Balaban J connectivity index is 1.93. The van der Waals surface area contributed by atoms with Crippen LogP contribution in [0, 0.1) is 0 Å². The van der Waals surface area contributed by atoms with Crippen molar-refractivity contribution in [3.8, 4) is 16.9 Å². The molecule has 0 radical (unpaired) electrons. The number of nitrogens with zero attached hydrogens (tertiary/aromatic N) is 2. The average Bonchev–Trinajstić information content (AvgIpc) is 2.75. The zero-order valence-electron chi connectivity index (χ0n) is 14.7. The van der Waals surface area contributed by atoms with Crippen molar-refractivity contribution in [1.29, 1.82) is 0 Å². The van der Waals surface area contributed by atoms with Crippen LogP contribution in [0.2, 0.25) is 5.02 Å². The zero-order chi connectivity index (χ0) is 19.5. The van der Waals surface area contributed by atoms with Crippen molar-refractivity contribution in [1.82, 2.24) is 9.55 Å². The van der Waals surface area contributed by atoms with Crippen LogP contribution in [0.5, 0.6) is 0 Å². The van der Waals surface area contributed by atoms with Gasteiger partial charge in [-0.05, 0) is 54.6 Å². The first kappa shape index (κ1) is 18.3. The molecule has 4 aromatic rings. The van der Waals surface area contributed by atoms with E-state index >= 15 is 0 Å². The Morgan fingerprint density at radius 3 is 2.29 bits per heavy atom. The normalized spacial score (nSPS) is 11.9. The largest absolute Gasteiger partial charge is 0.283 e.